The summed E-state index contributed by atoms with van der Waals surface area (Å²) in [5.41, 5.74) is 2.59. The Kier molecular flexibility index (Phi) is 4.61. The van der Waals surface area contributed by atoms with Crippen LogP contribution in [0.25, 0.3) is 0 Å². The Morgan fingerprint density at radius 3 is 2.79 bits per heavy atom. The maximum atomic E-state index is 4.26. The lowest BCUT2D eigenvalue weighted by molar-refractivity contribution is 0.584. The quantitative estimate of drug-likeness (QED) is 0.912. The first kappa shape index (κ1) is 14.1. The highest BCUT2D eigenvalue weighted by atomic mass is 32.2. The van der Waals surface area contributed by atoms with E-state index in [-0.39, 0.29) is 0 Å². The molecule has 0 atom stereocenters. The van der Waals surface area contributed by atoms with Crippen LogP contribution in [0.15, 0.2) is 34.6 Å². The van der Waals surface area contributed by atoms with E-state index in [9.17, 15) is 0 Å². The summed E-state index contributed by atoms with van der Waals surface area (Å²) in [6.07, 6.45) is 1.59. The highest BCUT2D eigenvalue weighted by Crippen LogP contribution is 2.29. The van der Waals surface area contributed by atoms with Gasteiger partial charge in [0.05, 0.1) is 0 Å². The van der Waals surface area contributed by atoms with Crippen LogP contribution in [0, 0.1) is 6.92 Å². The summed E-state index contributed by atoms with van der Waals surface area (Å²) in [5, 5.41) is 8.48. The Labute approximate surface area is 118 Å². The second-order valence-corrected chi connectivity index (χ2v) is 5.92. The molecule has 0 aliphatic carbocycles. The molecule has 2 rings (SSSR count). The number of benzene rings is 1. The molecule has 1 aromatic heterocycles. The molecule has 0 saturated heterocycles. The van der Waals surface area contributed by atoms with Crippen molar-refractivity contribution in [3.63, 3.8) is 0 Å². The molecule has 1 heterocycles. The summed E-state index contributed by atoms with van der Waals surface area (Å²) in [6, 6.07) is 7.01. The van der Waals surface area contributed by atoms with Gasteiger partial charge in [-0.05, 0) is 30.3 Å². The number of nitrogens with zero attached hydrogens (tertiary/aromatic N) is 3. The van der Waals surface area contributed by atoms with Gasteiger partial charge in [-0.25, -0.2) is 9.67 Å². The van der Waals surface area contributed by atoms with Gasteiger partial charge in [0, 0.05) is 24.5 Å². The maximum Gasteiger partial charge on any atom is 0.190 e. The molecule has 1 N–H and O–H groups in total. The molecule has 5 heteroatoms. The molecule has 2 aromatic rings. The van der Waals surface area contributed by atoms with Crippen molar-refractivity contribution in [1.29, 1.82) is 0 Å². The minimum Gasteiger partial charge on any atom is -0.310 e. The van der Waals surface area contributed by atoms with Gasteiger partial charge in [-0.2, -0.15) is 5.10 Å². The van der Waals surface area contributed by atoms with Crippen molar-refractivity contribution in [3.05, 3.63) is 35.7 Å². The van der Waals surface area contributed by atoms with Gasteiger partial charge in [-0.1, -0.05) is 31.5 Å². The van der Waals surface area contributed by atoms with Crippen LogP contribution >= 0.6 is 11.8 Å². The lowest BCUT2D eigenvalue weighted by atomic mass is 10.1. The molecule has 0 aliphatic heterocycles. The van der Waals surface area contributed by atoms with Crippen LogP contribution in [-0.2, 0) is 13.6 Å². The topological polar surface area (TPSA) is 42.7 Å². The minimum atomic E-state index is 0.480. The average Bonchev–Trinajstić information content (AvgIpc) is 2.75. The zero-order chi connectivity index (χ0) is 13.8. The molecular weight excluding hydrogens is 256 g/mol. The van der Waals surface area contributed by atoms with Crippen molar-refractivity contribution in [1.82, 2.24) is 20.1 Å². The highest BCUT2D eigenvalue weighted by molar-refractivity contribution is 7.99. The van der Waals surface area contributed by atoms with Crippen molar-refractivity contribution in [2.24, 2.45) is 7.05 Å². The van der Waals surface area contributed by atoms with Crippen LogP contribution in [-0.4, -0.2) is 20.8 Å². The summed E-state index contributed by atoms with van der Waals surface area (Å²) < 4.78 is 1.80. The first-order valence-electron chi connectivity index (χ1n) is 6.41. The van der Waals surface area contributed by atoms with Crippen LogP contribution in [0.3, 0.4) is 0 Å². The van der Waals surface area contributed by atoms with Crippen LogP contribution < -0.4 is 5.32 Å². The molecule has 0 unspecified atom stereocenters. The molecule has 0 amide bonds. The number of aryl methyl sites for hydroxylation is 2. The van der Waals surface area contributed by atoms with Gasteiger partial charge in [-0.15, -0.1) is 0 Å². The Bertz CT molecular complexity index is 548. The monoisotopic (exact) mass is 276 g/mol. The Morgan fingerprint density at radius 1 is 1.37 bits per heavy atom. The summed E-state index contributed by atoms with van der Waals surface area (Å²) in [7, 11) is 1.91. The number of rotatable bonds is 5. The first-order chi connectivity index (χ1) is 9.06. The summed E-state index contributed by atoms with van der Waals surface area (Å²) in [6.45, 7) is 7.31. The maximum absolute atomic E-state index is 4.26. The number of hydrogen-bond acceptors (Lipinski definition) is 4. The van der Waals surface area contributed by atoms with E-state index in [0.717, 1.165) is 11.7 Å². The fraction of sp³-hybridized carbons (Fsp3) is 0.429. The normalized spacial score (nSPS) is 11.2. The smallest absolute Gasteiger partial charge is 0.190 e. The average molecular weight is 276 g/mol. The molecule has 4 nitrogen and oxygen atoms in total. The predicted octanol–water partition coefficient (Wildman–Crippen LogP) is 2.77. The van der Waals surface area contributed by atoms with Crippen LogP contribution in [0.5, 0.6) is 0 Å². The lowest BCUT2D eigenvalue weighted by Gasteiger charge is -2.13. The number of aromatic nitrogens is 3. The first-order valence-corrected chi connectivity index (χ1v) is 7.22. The van der Waals surface area contributed by atoms with Gasteiger partial charge >= 0.3 is 0 Å². The van der Waals surface area contributed by atoms with Crippen LogP contribution in [0.1, 0.15) is 25.0 Å². The highest BCUT2D eigenvalue weighted by Gasteiger charge is 2.09. The second-order valence-electron chi connectivity index (χ2n) is 4.92. The zero-order valence-electron chi connectivity index (χ0n) is 11.8. The molecular formula is C14H20N4S. The third-order valence-corrected chi connectivity index (χ3v) is 3.96. The second kappa shape index (κ2) is 6.21. The van der Waals surface area contributed by atoms with E-state index in [1.807, 2.05) is 7.05 Å². The van der Waals surface area contributed by atoms with Gasteiger partial charge in [0.1, 0.15) is 6.33 Å². The fourth-order valence-corrected chi connectivity index (χ4v) is 2.61. The van der Waals surface area contributed by atoms with Gasteiger partial charge in [-0.3, -0.25) is 0 Å². The van der Waals surface area contributed by atoms with Crippen molar-refractivity contribution in [2.75, 3.05) is 0 Å². The molecule has 0 radical (unpaired) electrons. The van der Waals surface area contributed by atoms with Crippen LogP contribution in [0.2, 0.25) is 0 Å². The van der Waals surface area contributed by atoms with Gasteiger partial charge in [0.25, 0.3) is 0 Å². The van der Waals surface area contributed by atoms with E-state index < -0.39 is 0 Å². The molecule has 0 fully saturated rings. The van der Waals surface area contributed by atoms with E-state index in [0.29, 0.717) is 6.04 Å². The zero-order valence-corrected chi connectivity index (χ0v) is 12.7. The molecule has 0 aliphatic rings. The predicted molar refractivity (Wildman–Crippen MR) is 78.3 cm³/mol. The Hall–Kier alpha value is -1.33. The van der Waals surface area contributed by atoms with Crippen molar-refractivity contribution in [3.8, 4) is 0 Å². The molecule has 0 bridgehead atoms. The third kappa shape index (κ3) is 3.81. The summed E-state index contributed by atoms with van der Waals surface area (Å²) >= 11 is 1.66. The van der Waals surface area contributed by atoms with Crippen molar-refractivity contribution < 1.29 is 0 Å². The molecule has 1 aromatic carbocycles. The van der Waals surface area contributed by atoms with Crippen molar-refractivity contribution >= 4 is 11.8 Å². The SMILES string of the molecule is Cc1ccc(Sc2ncnn2C)c(CNC(C)C)c1. The Balaban J connectivity index is 2.21. The molecule has 19 heavy (non-hydrogen) atoms. The van der Waals surface area contributed by atoms with E-state index in [1.54, 1.807) is 22.8 Å². The van der Waals surface area contributed by atoms with Gasteiger partial charge < -0.3 is 5.32 Å². The van der Waals surface area contributed by atoms with Crippen molar-refractivity contribution in [2.45, 2.75) is 43.4 Å². The molecule has 102 valence electrons. The number of hydrogen-bond donors (Lipinski definition) is 1. The third-order valence-electron chi connectivity index (χ3n) is 2.79. The van der Waals surface area contributed by atoms with Crippen LogP contribution in [0.4, 0.5) is 0 Å². The number of nitrogens with one attached hydrogen (secondary N) is 1. The van der Waals surface area contributed by atoms with E-state index >= 15 is 0 Å². The summed E-state index contributed by atoms with van der Waals surface area (Å²) in [5.74, 6) is 0. The molecule has 0 spiro atoms. The molecule has 0 saturated carbocycles. The standard InChI is InChI=1S/C14H20N4S/c1-10(2)15-8-12-7-11(3)5-6-13(12)19-14-16-9-17-18(14)4/h5-7,9-10,15H,8H2,1-4H3. The van der Waals surface area contributed by atoms with E-state index in [1.165, 1.54) is 16.0 Å². The van der Waals surface area contributed by atoms with Gasteiger partial charge in [0.2, 0.25) is 0 Å². The lowest BCUT2D eigenvalue weighted by Crippen LogP contribution is -2.22. The summed E-state index contributed by atoms with van der Waals surface area (Å²) in [4.78, 5) is 5.50. The van der Waals surface area contributed by atoms with Gasteiger partial charge in [0.15, 0.2) is 5.16 Å². The van der Waals surface area contributed by atoms with E-state index in [4.69, 9.17) is 0 Å². The Morgan fingerprint density at radius 2 is 2.16 bits per heavy atom. The van der Waals surface area contributed by atoms with E-state index in [2.05, 4.69) is 54.4 Å². The largest absolute Gasteiger partial charge is 0.310 e. The fourth-order valence-electron chi connectivity index (χ4n) is 1.74. The minimum absolute atomic E-state index is 0.480.